The third-order valence-electron chi connectivity index (χ3n) is 2.76. The summed E-state index contributed by atoms with van der Waals surface area (Å²) in [5, 5.41) is 6.21. The van der Waals surface area contributed by atoms with Crippen LogP contribution in [0.1, 0.15) is 12.8 Å². The number of hydrogen-bond donors (Lipinski definition) is 1. The van der Waals surface area contributed by atoms with E-state index in [4.69, 9.17) is 4.74 Å². The van der Waals surface area contributed by atoms with Crippen molar-refractivity contribution in [3.8, 4) is 0 Å². The smallest absolute Gasteiger partial charge is 0.259 e. The van der Waals surface area contributed by atoms with Gasteiger partial charge in [0.15, 0.2) is 5.03 Å². The molecule has 0 bridgehead atoms. The first-order valence-corrected chi connectivity index (χ1v) is 7.08. The summed E-state index contributed by atoms with van der Waals surface area (Å²) < 4.78 is 30.5. The summed E-state index contributed by atoms with van der Waals surface area (Å²) in [7, 11) is -1.91. The maximum atomic E-state index is 11.9. The van der Waals surface area contributed by atoms with Gasteiger partial charge in [0.1, 0.15) is 0 Å². The van der Waals surface area contributed by atoms with Crippen LogP contribution >= 0.6 is 0 Å². The highest BCUT2D eigenvalue weighted by atomic mass is 32.2. The van der Waals surface area contributed by atoms with Gasteiger partial charge in [-0.25, -0.2) is 8.42 Å². The number of hydrogen-bond acceptors (Lipinski definition) is 4. The summed E-state index contributed by atoms with van der Waals surface area (Å²) in [4.78, 5) is 0. The minimum absolute atomic E-state index is 0.113. The molecular weight excluding hydrogens is 242 g/mol. The van der Waals surface area contributed by atoms with Gasteiger partial charge in [-0.05, 0) is 24.8 Å². The van der Waals surface area contributed by atoms with Gasteiger partial charge < -0.3 is 4.74 Å². The van der Waals surface area contributed by atoms with Crippen LogP contribution in [0, 0.1) is 5.92 Å². The fraction of sp³-hybridized carbons (Fsp3) is 0.700. The van der Waals surface area contributed by atoms with E-state index in [9.17, 15) is 8.42 Å². The van der Waals surface area contributed by atoms with E-state index in [0.29, 0.717) is 19.1 Å². The third kappa shape index (κ3) is 3.27. The number of aromatic amines is 1. The monoisotopic (exact) mass is 259 g/mol. The standard InChI is InChI=1S/C10H17N3O3S/c1-13(6-7-16-8-9-2-3-9)17(14,15)10-4-5-11-12-10/h4-5,9H,2-3,6-8H2,1H3,(H,11,12). The van der Waals surface area contributed by atoms with Crippen molar-refractivity contribution in [1.29, 1.82) is 0 Å². The average molecular weight is 259 g/mol. The molecule has 1 aromatic rings. The van der Waals surface area contributed by atoms with Crippen LogP contribution in [0.5, 0.6) is 0 Å². The third-order valence-corrected chi connectivity index (χ3v) is 4.55. The predicted molar refractivity (Wildman–Crippen MR) is 61.9 cm³/mol. The fourth-order valence-electron chi connectivity index (χ4n) is 1.40. The van der Waals surface area contributed by atoms with Crippen molar-refractivity contribution < 1.29 is 13.2 Å². The Labute approximate surface area is 101 Å². The second kappa shape index (κ2) is 5.16. The second-order valence-corrected chi connectivity index (χ2v) is 6.28. The fourth-order valence-corrected chi connectivity index (χ4v) is 2.45. The first kappa shape index (κ1) is 12.5. The van der Waals surface area contributed by atoms with Crippen LogP contribution in [0.4, 0.5) is 0 Å². The lowest BCUT2D eigenvalue weighted by Gasteiger charge is -2.15. The maximum Gasteiger partial charge on any atom is 0.259 e. The average Bonchev–Trinajstić information content (AvgIpc) is 2.94. The Balaban J connectivity index is 1.79. The largest absolute Gasteiger partial charge is 0.380 e. The first-order chi connectivity index (χ1) is 8.10. The van der Waals surface area contributed by atoms with Crippen molar-refractivity contribution in [3.63, 3.8) is 0 Å². The van der Waals surface area contributed by atoms with Crippen LogP contribution < -0.4 is 0 Å². The molecular formula is C10H17N3O3S. The van der Waals surface area contributed by atoms with E-state index in [-0.39, 0.29) is 5.03 Å². The van der Waals surface area contributed by atoms with Gasteiger partial charge in [-0.3, -0.25) is 5.10 Å². The molecule has 0 radical (unpaired) electrons. The molecule has 0 atom stereocenters. The SMILES string of the molecule is CN(CCOCC1CC1)S(=O)(=O)c1ccn[nH]1. The number of ether oxygens (including phenoxy) is 1. The van der Waals surface area contributed by atoms with Crippen LogP contribution in [0.3, 0.4) is 0 Å². The molecule has 0 amide bonds. The molecule has 1 N–H and O–H groups in total. The minimum Gasteiger partial charge on any atom is -0.380 e. The predicted octanol–water partition coefficient (Wildman–Crippen LogP) is 0.457. The summed E-state index contributed by atoms with van der Waals surface area (Å²) in [5.74, 6) is 0.699. The van der Waals surface area contributed by atoms with Gasteiger partial charge in [-0.15, -0.1) is 0 Å². The summed E-state index contributed by atoms with van der Waals surface area (Å²) in [6.07, 6.45) is 3.90. The Morgan fingerprint density at radius 3 is 2.94 bits per heavy atom. The van der Waals surface area contributed by atoms with Crippen LogP contribution in [0.2, 0.25) is 0 Å². The highest BCUT2D eigenvalue weighted by molar-refractivity contribution is 7.89. The molecule has 1 aromatic heterocycles. The van der Waals surface area contributed by atoms with Gasteiger partial charge in [-0.2, -0.15) is 9.40 Å². The zero-order valence-electron chi connectivity index (χ0n) is 9.80. The second-order valence-electron chi connectivity index (χ2n) is 4.27. The molecule has 0 saturated heterocycles. The van der Waals surface area contributed by atoms with E-state index < -0.39 is 10.0 Å². The minimum atomic E-state index is -3.45. The van der Waals surface area contributed by atoms with E-state index in [1.54, 1.807) is 0 Å². The zero-order chi connectivity index (χ0) is 12.3. The number of rotatable bonds is 7. The van der Waals surface area contributed by atoms with Gasteiger partial charge in [0, 0.05) is 20.2 Å². The lowest BCUT2D eigenvalue weighted by atomic mass is 10.5. The number of likely N-dealkylation sites (N-methyl/N-ethyl adjacent to an activating group) is 1. The highest BCUT2D eigenvalue weighted by Gasteiger charge is 2.23. The van der Waals surface area contributed by atoms with Crippen molar-refractivity contribution >= 4 is 10.0 Å². The number of sulfonamides is 1. The van der Waals surface area contributed by atoms with Gasteiger partial charge in [0.05, 0.1) is 12.8 Å². The zero-order valence-corrected chi connectivity index (χ0v) is 10.6. The van der Waals surface area contributed by atoms with Crippen LogP contribution in [-0.2, 0) is 14.8 Å². The molecule has 2 rings (SSSR count). The van der Waals surface area contributed by atoms with E-state index >= 15 is 0 Å². The van der Waals surface area contributed by atoms with Crippen LogP contribution in [0.25, 0.3) is 0 Å². The Kier molecular flexibility index (Phi) is 3.80. The Morgan fingerprint density at radius 2 is 2.35 bits per heavy atom. The van der Waals surface area contributed by atoms with Crippen molar-refractivity contribution in [2.75, 3.05) is 26.8 Å². The number of aromatic nitrogens is 2. The quantitative estimate of drug-likeness (QED) is 0.722. The maximum absolute atomic E-state index is 11.9. The van der Waals surface area contributed by atoms with E-state index in [1.165, 1.54) is 36.5 Å². The summed E-state index contributed by atoms with van der Waals surface area (Å²) in [6, 6.07) is 1.44. The van der Waals surface area contributed by atoms with Crippen molar-refractivity contribution in [2.24, 2.45) is 5.92 Å². The molecule has 1 aliphatic rings. The van der Waals surface area contributed by atoms with E-state index in [0.717, 1.165) is 6.61 Å². The number of nitrogens with one attached hydrogen (secondary N) is 1. The van der Waals surface area contributed by atoms with Gasteiger partial charge in [0.2, 0.25) is 0 Å². The first-order valence-electron chi connectivity index (χ1n) is 5.64. The Bertz CT molecular complexity index is 439. The van der Waals surface area contributed by atoms with Crippen LogP contribution in [0.15, 0.2) is 17.3 Å². The molecule has 7 heteroatoms. The molecule has 1 fully saturated rings. The Hall–Kier alpha value is -0.920. The lowest BCUT2D eigenvalue weighted by molar-refractivity contribution is 0.117. The van der Waals surface area contributed by atoms with E-state index in [2.05, 4.69) is 10.2 Å². The molecule has 17 heavy (non-hydrogen) atoms. The van der Waals surface area contributed by atoms with E-state index in [1.807, 2.05) is 0 Å². The summed E-state index contributed by atoms with van der Waals surface area (Å²) in [6.45, 7) is 1.53. The molecule has 6 nitrogen and oxygen atoms in total. The van der Waals surface area contributed by atoms with Gasteiger partial charge in [0.25, 0.3) is 10.0 Å². The van der Waals surface area contributed by atoms with Crippen molar-refractivity contribution in [3.05, 3.63) is 12.3 Å². The molecule has 1 heterocycles. The topological polar surface area (TPSA) is 75.3 Å². The molecule has 0 unspecified atom stereocenters. The van der Waals surface area contributed by atoms with Crippen molar-refractivity contribution in [2.45, 2.75) is 17.9 Å². The van der Waals surface area contributed by atoms with Crippen molar-refractivity contribution in [1.82, 2.24) is 14.5 Å². The van der Waals surface area contributed by atoms with Crippen LogP contribution in [-0.4, -0.2) is 49.7 Å². The number of H-pyrrole nitrogens is 1. The van der Waals surface area contributed by atoms with Gasteiger partial charge in [-0.1, -0.05) is 0 Å². The lowest BCUT2D eigenvalue weighted by Crippen LogP contribution is -2.30. The molecule has 0 aromatic carbocycles. The summed E-state index contributed by atoms with van der Waals surface area (Å²) >= 11 is 0. The molecule has 1 aliphatic carbocycles. The Morgan fingerprint density at radius 1 is 1.59 bits per heavy atom. The van der Waals surface area contributed by atoms with Gasteiger partial charge >= 0.3 is 0 Å². The molecule has 96 valence electrons. The summed E-state index contributed by atoms with van der Waals surface area (Å²) in [5.41, 5.74) is 0. The molecule has 0 spiro atoms. The normalized spacial score (nSPS) is 16.6. The molecule has 1 saturated carbocycles. The highest BCUT2D eigenvalue weighted by Crippen LogP contribution is 2.28. The molecule has 0 aliphatic heterocycles. The number of nitrogens with zero attached hydrogens (tertiary/aromatic N) is 2.